The summed E-state index contributed by atoms with van der Waals surface area (Å²) >= 11 is 0. The van der Waals surface area contributed by atoms with Gasteiger partial charge in [0.2, 0.25) is 0 Å². The summed E-state index contributed by atoms with van der Waals surface area (Å²) < 4.78 is 10.1. The van der Waals surface area contributed by atoms with E-state index in [0.717, 1.165) is 16.9 Å². The summed E-state index contributed by atoms with van der Waals surface area (Å²) in [5.41, 5.74) is 7.71. The summed E-state index contributed by atoms with van der Waals surface area (Å²) in [5, 5.41) is 0. The van der Waals surface area contributed by atoms with Crippen molar-refractivity contribution in [3.63, 3.8) is 0 Å². The second-order valence-corrected chi connectivity index (χ2v) is 2.89. The van der Waals surface area contributed by atoms with Crippen LogP contribution in [0.4, 0.5) is 0 Å². The second kappa shape index (κ2) is 4.25. The first-order valence-electron chi connectivity index (χ1n) is 4.12. The molecule has 1 unspecified atom stereocenters. The number of aryl methyl sites for hydroxylation is 1. The molecule has 3 nitrogen and oxygen atoms in total. The van der Waals surface area contributed by atoms with Crippen LogP contribution in [0.2, 0.25) is 0 Å². The quantitative estimate of drug-likeness (QED) is 0.720. The Morgan fingerprint density at radius 3 is 2.46 bits per heavy atom. The Balaban J connectivity index is 2.95. The van der Waals surface area contributed by atoms with E-state index in [2.05, 4.69) is 0 Å². The van der Waals surface area contributed by atoms with Crippen molar-refractivity contribution in [3.05, 3.63) is 29.3 Å². The number of hydrogen-bond acceptors (Lipinski definition) is 3. The zero-order valence-electron chi connectivity index (χ0n) is 8.20. The first kappa shape index (κ1) is 10.0. The fraction of sp³-hybridized carbons (Fsp3) is 0.400. The van der Waals surface area contributed by atoms with Gasteiger partial charge in [-0.2, -0.15) is 0 Å². The monoisotopic (exact) mass is 181 g/mol. The van der Waals surface area contributed by atoms with Crippen molar-refractivity contribution < 1.29 is 9.47 Å². The number of nitrogens with two attached hydrogens (primary N) is 1. The van der Waals surface area contributed by atoms with Crippen LogP contribution < -0.4 is 10.5 Å². The zero-order chi connectivity index (χ0) is 9.84. The summed E-state index contributed by atoms with van der Waals surface area (Å²) in [6, 6.07) is 5.76. The Kier molecular flexibility index (Phi) is 3.28. The highest BCUT2D eigenvalue weighted by Gasteiger charge is 2.05. The molecule has 72 valence electrons. The minimum absolute atomic E-state index is 0.357. The Morgan fingerprint density at radius 1 is 1.31 bits per heavy atom. The third kappa shape index (κ3) is 2.20. The Hall–Kier alpha value is -1.06. The molecule has 1 rings (SSSR count). The van der Waals surface area contributed by atoms with Crippen LogP contribution in [0.1, 0.15) is 17.4 Å². The van der Waals surface area contributed by atoms with E-state index >= 15 is 0 Å². The van der Waals surface area contributed by atoms with Crippen LogP contribution in [0.25, 0.3) is 0 Å². The molecule has 0 radical (unpaired) electrons. The number of rotatable bonds is 3. The lowest BCUT2D eigenvalue weighted by Gasteiger charge is -2.12. The normalized spacial score (nSPS) is 12.6. The molecule has 1 aromatic rings. The second-order valence-electron chi connectivity index (χ2n) is 2.89. The SMILES string of the molecule is COc1ccc(C(N)OC)cc1C. The molecule has 0 amide bonds. The predicted octanol–water partition coefficient (Wildman–Crippen LogP) is 1.61. The van der Waals surface area contributed by atoms with E-state index in [1.807, 2.05) is 25.1 Å². The van der Waals surface area contributed by atoms with E-state index in [1.165, 1.54) is 0 Å². The minimum Gasteiger partial charge on any atom is -0.496 e. The predicted molar refractivity (Wildman–Crippen MR) is 51.7 cm³/mol. The standard InChI is InChI=1S/C10H15NO2/c1-7-6-8(10(11)13-3)4-5-9(7)12-2/h4-6,10H,11H2,1-3H3. The molecule has 0 saturated carbocycles. The first-order chi connectivity index (χ1) is 6.19. The molecule has 0 aliphatic heterocycles. The van der Waals surface area contributed by atoms with Gasteiger partial charge >= 0.3 is 0 Å². The van der Waals surface area contributed by atoms with E-state index in [0.29, 0.717) is 0 Å². The summed E-state index contributed by atoms with van der Waals surface area (Å²) in [7, 11) is 3.24. The summed E-state index contributed by atoms with van der Waals surface area (Å²) in [4.78, 5) is 0. The first-order valence-corrected chi connectivity index (χ1v) is 4.12. The molecule has 0 bridgehead atoms. The van der Waals surface area contributed by atoms with Crippen LogP contribution in [0.3, 0.4) is 0 Å². The Morgan fingerprint density at radius 2 is 2.00 bits per heavy atom. The highest BCUT2D eigenvalue weighted by atomic mass is 16.5. The maximum atomic E-state index is 5.69. The lowest BCUT2D eigenvalue weighted by atomic mass is 10.1. The van der Waals surface area contributed by atoms with Crippen LogP contribution in [-0.4, -0.2) is 14.2 Å². The van der Waals surface area contributed by atoms with Crippen LogP contribution in [0.5, 0.6) is 5.75 Å². The van der Waals surface area contributed by atoms with Crippen molar-refractivity contribution in [3.8, 4) is 5.75 Å². The van der Waals surface area contributed by atoms with Crippen molar-refractivity contribution in [1.29, 1.82) is 0 Å². The third-order valence-corrected chi connectivity index (χ3v) is 2.00. The average molecular weight is 181 g/mol. The molecule has 1 atom stereocenters. The topological polar surface area (TPSA) is 44.5 Å². The average Bonchev–Trinajstić information content (AvgIpc) is 2.16. The van der Waals surface area contributed by atoms with Crippen molar-refractivity contribution in [2.24, 2.45) is 5.73 Å². The largest absolute Gasteiger partial charge is 0.496 e. The Bertz CT molecular complexity index is 286. The molecule has 0 saturated heterocycles. The van der Waals surface area contributed by atoms with Gasteiger partial charge in [0.25, 0.3) is 0 Å². The van der Waals surface area contributed by atoms with Gasteiger partial charge in [-0.3, -0.25) is 0 Å². The maximum absolute atomic E-state index is 5.69. The highest BCUT2D eigenvalue weighted by Crippen LogP contribution is 2.21. The molecular formula is C10H15NO2. The van der Waals surface area contributed by atoms with E-state index in [1.54, 1.807) is 14.2 Å². The van der Waals surface area contributed by atoms with Gasteiger partial charge in [0, 0.05) is 7.11 Å². The molecule has 1 aromatic carbocycles. The van der Waals surface area contributed by atoms with Crippen molar-refractivity contribution in [1.82, 2.24) is 0 Å². The molecule has 0 aliphatic rings. The fourth-order valence-electron chi connectivity index (χ4n) is 1.21. The lowest BCUT2D eigenvalue weighted by molar-refractivity contribution is 0.109. The van der Waals surface area contributed by atoms with Crippen molar-refractivity contribution in [2.75, 3.05) is 14.2 Å². The molecule has 3 heteroatoms. The van der Waals surface area contributed by atoms with Gasteiger partial charge in [0.15, 0.2) is 0 Å². The minimum atomic E-state index is -0.357. The molecule has 0 aromatic heterocycles. The molecule has 0 spiro atoms. The molecule has 0 heterocycles. The number of benzene rings is 1. The third-order valence-electron chi connectivity index (χ3n) is 2.00. The van der Waals surface area contributed by atoms with E-state index in [9.17, 15) is 0 Å². The van der Waals surface area contributed by atoms with Gasteiger partial charge in [-0.05, 0) is 30.2 Å². The van der Waals surface area contributed by atoms with Gasteiger partial charge in [-0.25, -0.2) is 0 Å². The van der Waals surface area contributed by atoms with Gasteiger partial charge < -0.3 is 15.2 Å². The number of hydrogen-bond donors (Lipinski definition) is 1. The fourth-order valence-corrected chi connectivity index (χ4v) is 1.21. The molecular weight excluding hydrogens is 166 g/mol. The van der Waals surface area contributed by atoms with Gasteiger partial charge in [0.1, 0.15) is 12.0 Å². The van der Waals surface area contributed by atoms with Crippen LogP contribution in [-0.2, 0) is 4.74 Å². The molecule has 0 fully saturated rings. The smallest absolute Gasteiger partial charge is 0.131 e. The van der Waals surface area contributed by atoms with Crippen LogP contribution in [0, 0.1) is 6.92 Å². The van der Waals surface area contributed by atoms with E-state index < -0.39 is 0 Å². The van der Waals surface area contributed by atoms with Gasteiger partial charge in [-0.1, -0.05) is 6.07 Å². The highest BCUT2D eigenvalue weighted by molar-refractivity contribution is 5.36. The number of ether oxygens (including phenoxy) is 2. The van der Waals surface area contributed by atoms with Gasteiger partial charge in [0.05, 0.1) is 7.11 Å². The van der Waals surface area contributed by atoms with E-state index in [-0.39, 0.29) is 6.23 Å². The van der Waals surface area contributed by atoms with E-state index in [4.69, 9.17) is 15.2 Å². The molecule has 0 aliphatic carbocycles. The maximum Gasteiger partial charge on any atom is 0.131 e. The summed E-state index contributed by atoms with van der Waals surface area (Å²) in [5.74, 6) is 0.868. The van der Waals surface area contributed by atoms with Crippen molar-refractivity contribution >= 4 is 0 Å². The van der Waals surface area contributed by atoms with Crippen molar-refractivity contribution in [2.45, 2.75) is 13.2 Å². The van der Waals surface area contributed by atoms with Crippen LogP contribution >= 0.6 is 0 Å². The number of methoxy groups -OCH3 is 2. The Labute approximate surface area is 78.5 Å². The van der Waals surface area contributed by atoms with Crippen LogP contribution in [0.15, 0.2) is 18.2 Å². The van der Waals surface area contributed by atoms with Gasteiger partial charge in [-0.15, -0.1) is 0 Å². The lowest BCUT2D eigenvalue weighted by Crippen LogP contribution is -2.12. The zero-order valence-corrected chi connectivity index (χ0v) is 8.20. The summed E-state index contributed by atoms with van der Waals surface area (Å²) in [6.45, 7) is 1.98. The molecule has 2 N–H and O–H groups in total. The summed E-state index contributed by atoms with van der Waals surface area (Å²) in [6.07, 6.45) is -0.357. The molecule has 13 heavy (non-hydrogen) atoms.